The number of carbonyl (C=O) groups excluding carboxylic acids is 1. The minimum absolute atomic E-state index is 0. The summed E-state index contributed by atoms with van der Waals surface area (Å²) in [5, 5.41) is 11.7. The number of carbonyl (C=O) groups is 1. The summed E-state index contributed by atoms with van der Waals surface area (Å²) in [5.74, 6) is -0.961. The Labute approximate surface area is 160 Å². The Bertz CT molecular complexity index is 438. The van der Waals surface area contributed by atoms with Crippen molar-refractivity contribution in [2.24, 2.45) is 0 Å². The SMILES string of the molecule is CCOC(=O)c1cnc(N2CCOCC2)nc1[O-].[Rb+]. The summed E-state index contributed by atoms with van der Waals surface area (Å²) in [4.78, 5) is 21.1. The molecule has 1 aliphatic heterocycles. The van der Waals surface area contributed by atoms with Gasteiger partial charge in [-0.3, -0.25) is 0 Å². The van der Waals surface area contributed by atoms with E-state index in [0.717, 1.165) is 0 Å². The van der Waals surface area contributed by atoms with Gasteiger partial charge in [0, 0.05) is 25.2 Å². The molecule has 1 aliphatic rings. The Morgan fingerprint density at radius 1 is 1.53 bits per heavy atom. The zero-order valence-electron chi connectivity index (χ0n) is 11.1. The molecule has 0 unspecified atom stereocenters. The molecule has 19 heavy (non-hydrogen) atoms. The van der Waals surface area contributed by atoms with E-state index in [1.54, 1.807) is 6.92 Å². The molecule has 98 valence electrons. The first-order valence-electron chi connectivity index (χ1n) is 5.76. The number of rotatable bonds is 3. The van der Waals surface area contributed by atoms with E-state index in [0.29, 0.717) is 32.3 Å². The van der Waals surface area contributed by atoms with Crippen LogP contribution in [0.15, 0.2) is 6.20 Å². The van der Waals surface area contributed by atoms with Crippen molar-refractivity contribution in [1.82, 2.24) is 9.97 Å². The molecule has 0 atom stereocenters. The molecule has 2 heterocycles. The maximum atomic E-state index is 11.7. The predicted octanol–water partition coefficient (Wildman–Crippen LogP) is -3.43. The Morgan fingerprint density at radius 2 is 2.21 bits per heavy atom. The zero-order valence-corrected chi connectivity index (χ0v) is 16.0. The van der Waals surface area contributed by atoms with Gasteiger partial charge in [-0.1, -0.05) is 0 Å². The molecule has 0 spiro atoms. The topological polar surface area (TPSA) is 87.6 Å². The van der Waals surface area contributed by atoms with Crippen LogP contribution in [-0.2, 0) is 9.47 Å². The first kappa shape index (κ1) is 17.0. The second-order valence-electron chi connectivity index (χ2n) is 3.71. The van der Waals surface area contributed by atoms with Gasteiger partial charge in [-0.15, -0.1) is 0 Å². The fourth-order valence-electron chi connectivity index (χ4n) is 1.62. The van der Waals surface area contributed by atoms with Crippen LogP contribution in [0.25, 0.3) is 0 Å². The van der Waals surface area contributed by atoms with E-state index in [2.05, 4.69) is 9.97 Å². The fraction of sp³-hybridized carbons (Fsp3) is 0.545. The van der Waals surface area contributed by atoms with E-state index in [-0.39, 0.29) is 70.4 Å². The summed E-state index contributed by atoms with van der Waals surface area (Å²) in [6.45, 7) is 4.32. The van der Waals surface area contributed by atoms with Gasteiger partial charge in [0.2, 0.25) is 5.95 Å². The number of ether oxygens (including phenoxy) is 2. The average molecular weight is 338 g/mol. The van der Waals surface area contributed by atoms with E-state index < -0.39 is 11.8 Å². The van der Waals surface area contributed by atoms with Gasteiger partial charge in [0.05, 0.1) is 25.4 Å². The van der Waals surface area contributed by atoms with Crippen LogP contribution in [0.2, 0.25) is 0 Å². The second kappa shape index (κ2) is 8.26. The molecule has 8 heteroatoms. The summed E-state index contributed by atoms with van der Waals surface area (Å²) in [6.07, 6.45) is 1.22. The minimum Gasteiger partial charge on any atom is -0.858 e. The largest absolute Gasteiger partial charge is 1.00 e. The summed E-state index contributed by atoms with van der Waals surface area (Å²) in [5.41, 5.74) is -0.131. The van der Waals surface area contributed by atoms with E-state index in [4.69, 9.17) is 9.47 Å². The number of morpholine rings is 1. The molecule has 0 aromatic carbocycles. The number of aromatic nitrogens is 2. The van der Waals surface area contributed by atoms with Crippen molar-refractivity contribution in [2.45, 2.75) is 6.92 Å². The van der Waals surface area contributed by atoms with Crippen molar-refractivity contribution in [1.29, 1.82) is 0 Å². The van der Waals surface area contributed by atoms with Crippen molar-refractivity contribution in [3.05, 3.63) is 11.8 Å². The second-order valence-corrected chi connectivity index (χ2v) is 3.71. The van der Waals surface area contributed by atoms with Crippen molar-refractivity contribution in [2.75, 3.05) is 37.8 Å². The molecule has 2 rings (SSSR count). The van der Waals surface area contributed by atoms with Gasteiger partial charge in [0.15, 0.2) is 0 Å². The summed E-state index contributed by atoms with van der Waals surface area (Å²) in [7, 11) is 0. The zero-order chi connectivity index (χ0) is 13.0. The van der Waals surface area contributed by atoms with Crippen LogP contribution in [0.4, 0.5) is 5.95 Å². The van der Waals surface area contributed by atoms with Crippen LogP contribution < -0.4 is 68.2 Å². The van der Waals surface area contributed by atoms with Gasteiger partial charge < -0.3 is 19.5 Å². The van der Waals surface area contributed by atoms with Crippen LogP contribution in [-0.4, -0.2) is 48.8 Å². The molecular formula is C11H14N3O4Rb. The van der Waals surface area contributed by atoms with Crippen molar-refractivity contribution in [3.63, 3.8) is 0 Å². The maximum Gasteiger partial charge on any atom is 1.00 e. The molecule has 0 radical (unpaired) electrons. The Hall–Kier alpha value is -0.0848. The van der Waals surface area contributed by atoms with E-state index in [1.807, 2.05) is 4.90 Å². The molecule has 0 amide bonds. The predicted molar refractivity (Wildman–Crippen MR) is 60.5 cm³/mol. The number of anilines is 1. The Morgan fingerprint density at radius 3 is 2.79 bits per heavy atom. The Balaban J connectivity index is 0.00000180. The van der Waals surface area contributed by atoms with Gasteiger partial charge in [-0.25, -0.2) is 14.8 Å². The fourth-order valence-corrected chi connectivity index (χ4v) is 1.62. The molecule has 1 aromatic rings. The number of hydrogen-bond acceptors (Lipinski definition) is 7. The van der Waals surface area contributed by atoms with Gasteiger partial charge >= 0.3 is 64.2 Å². The smallest absolute Gasteiger partial charge is 0.858 e. The summed E-state index contributed by atoms with van der Waals surface area (Å²) >= 11 is 0. The van der Waals surface area contributed by atoms with Crippen LogP contribution in [0.3, 0.4) is 0 Å². The molecule has 1 fully saturated rings. The molecule has 7 nitrogen and oxygen atoms in total. The summed E-state index contributed by atoms with van der Waals surface area (Å²) in [6, 6.07) is 0. The van der Waals surface area contributed by atoms with Crippen molar-refractivity contribution >= 4 is 11.9 Å². The number of hydrogen-bond donors (Lipinski definition) is 0. The number of esters is 1. The monoisotopic (exact) mass is 337 g/mol. The van der Waals surface area contributed by atoms with Crippen molar-refractivity contribution < 1.29 is 77.6 Å². The molecular weight excluding hydrogens is 324 g/mol. The molecule has 0 bridgehead atoms. The third-order valence-electron chi connectivity index (χ3n) is 2.53. The molecule has 1 aromatic heterocycles. The van der Waals surface area contributed by atoms with Gasteiger partial charge in [-0.05, 0) is 6.92 Å². The first-order valence-corrected chi connectivity index (χ1v) is 5.76. The maximum absolute atomic E-state index is 11.7. The molecule has 0 saturated carbocycles. The van der Waals surface area contributed by atoms with Gasteiger partial charge in [-0.2, -0.15) is 0 Å². The Kier molecular flexibility index (Phi) is 7.37. The quantitative estimate of drug-likeness (QED) is 0.530. The van der Waals surface area contributed by atoms with Gasteiger partial charge in [0.25, 0.3) is 0 Å². The van der Waals surface area contributed by atoms with Gasteiger partial charge in [0.1, 0.15) is 0 Å². The van der Waals surface area contributed by atoms with E-state index >= 15 is 0 Å². The first-order chi connectivity index (χ1) is 8.72. The van der Waals surface area contributed by atoms with Crippen molar-refractivity contribution in [3.8, 4) is 5.88 Å². The standard InChI is InChI=1S/C11H15N3O4.Rb/c1-2-18-10(16)8-7-12-11(13-9(8)15)14-3-5-17-6-4-14;/h7H,2-6H2,1H3,(H,12,13,15);/q;+1/p-1. The third-order valence-corrected chi connectivity index (χ3v) is 2.53. The summed E-state index contributed by atoms with van der Waals surface area (Å²) < 4.78 is 9.94. The van der Waals surface area contributed by atoms with E-state index in [9.17, 15) is 9.90 Å². The molecule has 1 saturated heterocycles. The van der Waals surface area contributed by atoms with Crippen LogP contribution >= 0.6 is 0 Å². The normalized spacial score (nSPS) is 14.7. The third kappa shape index (κ3) is 4.46. The minimum atomic E-state index is -0.684. The molecule has 0 aliphatic carbocycles. The van der Waals surface area contributed by atoms with E-state index in [1.165, 1.54) is 6.20 Å². The van der Waals surface area contributed by atoms with Crippen LogP contribution in [0.5, 0.6) is 5.88 Å². The van der Waals surface area contributed by atoms with Crippen LogP contribution in [0, 0.1) is 0 Å². The molecule has 0 N–H and O–H groups in total. The average Bonchev–Trinajstić information content (AvgIpc) is 2.40. The number of nitrogens with zero attached hydrogens (tertiary/aromatic N) is 3. The van der Waals surface area contributed by atoms with Crippen LogP contribution in [0.1, 0.15) is 17.3 Å².